The van der Waals surface area contributed by atoms with Gasteiger partial charge in [-0.05, 0) is 44.0 Å². The van der Waals surface area contributed by atoms with E-state index in [1.54, 1.807) is 0 Å². The van der Waals surface area contributed by atoms with Gasteiger partial charge in [0.25, 0.3) is 0 Å². The quantitative estimate of drug-likeness (QED) is 0.782. The molecule has 0 saturated heterocycles. The van der Waals surface area contributed by atoms with Crippen LogP contribution in [0.3, 0.4) is 0 Å². The van der Waals surface area contributed by atoms with Gasteiger partial charge >= 0.3 is 0 Å². The lowest BCUT2D eigenvalue weighted by atomic mass is 10.2. The number of rotatable bonds is 6. The lowest BCUT2D eigenvalue weighted by Crippen LogP contribution is -2.27. The van der Waals surface area contributed by atoms with Crippen LogP contribution in [0, 0.1) is 0 Å². The molecule has 94 valence electrons. The molecular formula is C14H20ClNO. The summed E-state index contributed by atoms with van der Waals surface area (Å²) < 4.78 is 5.63. The Morgan fingerprint density at radius 2 is 2.12 bits per heavy atom. The average Bonchev–Trinajstić information content (AvgIpc) is 2.82. The number of ether oxygens (including phenoxy) is 1. The molecule has 3 heteroatoms. The first-order valence-electron chi connectivity index (χ1n) is 6.46. The lowest BCUT2D eigenvalue weighted by Gasteiger charge is -2.12. The van der Waals surface area contributed by atoms with E-state index >= 15 is 0 Å². The largest absolute Gasteiger partial charge is 0.493 e. The third kappa shape index (κ3) is 4.57. The van der Waals surface area contributed by atoms with Crippen LogP contribution in [0.25, 0.3) is 0 Å². The summed E-state index contributed by atoms with van der Waals surface area (Å²) in [5, 5.41) is 4.30. The predicted molar refractivity (Wildman–Crippen MR) is 71.8 cm³/mol. The van der Waals surface area contributed by atoms with Crippen molar-refractivity contribution in [3.05, 3.63) is 29.3 Å². The molecule has 1 fully saturated rings. The molecule has 1 aromatic rings. The third-order valence-corrected chi connectivity index (χ3v) is 3.41. The fourth-order valence-corrected chi connectivity index (χ4v) is 2.44. The molecule has 0 aliphatic heterocycles. The van der Waals surface area contributed by atoms with Gasteiger partial charge in [-0.3, -0.25) is 0 Å². The first-order chi connectivity index (χ1) is 8.34. The van der Waals surface area contributed by atoms with Crippen molar-refractivity contribution in [1.29, 1.82) is 0 Å². The molecular weight excluding hydrogens is 234 g/mol. The molecule has 0 bridgehead atoms. The number of nitrogens with one attached hydrogen (secondary N) is 1. The molecule has 0 atom stereocenters. The Kier molecular flexibility index (Phi) is 5.14. The van der Waals surface area contributed by atoms with Gasteiger partial charge in [-0.1, -0.05) is 30.5 Å². The number of halogens is 1. The summed E-state index contributed by atoms with van der Waals surface area (Å²) >= 11 is 5.88. The van der Waals surface area contributed by atoms with Crippen LogP contribution >= 0.6 is 11.6 Å². The Labute approximate surface area is 108 Å². The van der Waals surface area contributed by atoms with Crippen LogP contribution in [0.2, 0.25) is 5.02 Å². The Hall–Kier alpha value is -0.730. The molecule has 0 unspecified atom stereocenters. The predicted octanol–water partition coefficient (Wildman–Crippen LogP) is 3.64. The van der Waals surface area contributed by atoms with Crippen molar-refractivity contribution >= 4 is 11.6 Å². The highest BCUT2D eigenvalue weighted by Crippen LogP contribution is 2.18. The van der Waals surface area contributed by atoms with Crippen molar-refractivity contribution < 1.29 is 4.74 Å². The molecule has 0 heterocycles. The van der Waals surface area contributed by atoms with Crippen LogP contribution < -0.4 is 10.1 Å². The van der Waals surface area contributed by atoms with Crippen molar-refractivity contribution in [3.8, 4) is 5.75 Å². The van der Waals surface area contributed by atoms with Crippen LogP contribution in [0.1, 0.15) is 32.1 Å². The lowest BCUT2D eigenvalue weighted by molar-refractivity contribution is 0.304. The Morgan fingerprint density at radius 3 is 2.88 bits per heavy atom. The van der Waals surface area contributed by atoms with E-state index in [-0.39, 0.29) is 0 Å². The second-order valence-electron chi connectivity index (χ2n) is 4.59. The van der Waals surface area contributed by atoms with Crippen LogP contribution in [-0.4, -0.2) is 19.2 Å². The molecule has 0 aromatic heterocycles. The molecule has 2 rings (SSSR count). The van der Waals surface area contributed by atoms with Crippen molar-refractivity contribution in [2.45, 2.75) is 38.1 Å². The molecule has 0 spiro atoms. The van der Waals surface area contributed by atoms with Gasteiger partial charge in [0.1, 0.15) is 5.75 Å². The molecule has 0 amide bonds. The summed E-state index contributed by atoms with van der Waals surface area (Å²) in [4.78, 5) is 0. The maximum Gasteiger partial charge on any atom is 0.120 e. The summed E-state index contributed by atoms with van der Waals surface area (Å²) in [6, 6.07) is 8.31. The van der Waals surface area contributed by atoms with E-state index in [9.17, 15) is 0 Å². The molecule has 0 radical (unpaired) electrons. The average molecular weight is 254 g/mol. The minimum absolute atomic E-state index is 0.728. The Balaban J connectivity index is 1.56. The van der Waals surface area contributed by atoms with E-state index in [1.165, 1.54) is 25.7 Å². The van der Waals surface area contributed by atoms with Gasteiger partial charge in [-0.25, -0.2) is 0 Å². The van der Waals surface area contributed by atoms with Crippen molar-refractivity contribution in [2.24, 2.45) is 0 Å². The molecule has 1 N–H and O–H groups in total. The van der Waals surface area contributed by atoms with Gasteiger partial charge < -0.3 is 10.1 Å². The summed E-state index contributed by atoms with van der Waals surface area (Å²) in [5.74, 6) is 0.860. The molecule has 2 nitrogen and oxygen atoms in total. The fourth-order valence-electron chi connectivity index (χ4n) is 2.26. The number of benzene rings is 1. The van der Waals surface area contributed by atoms with Gasteiger partial charge in [0.2, 0.25) is 0 Å². The second kappa shape index (κ2) is 6.87. The maximum absolute atomic E-state index is 5.88. The SMILES string of the molecule is Clc1cccc(OCCCNC2CCCC2)c1. The van der Waals surface area contributed by atoms with E-state index in [0.29, 0.717) is 0 Å². The highest BCUT2D eigenvalue weighted by molar-refractivity contribution is 6.30. The van der Waals surface area contributed by atoms with E-state index in [2.05, 4.69) is 5.32 Å². The normalized spacial score (nSPS) is 16.3. The Morgan fingerprint density at radius 1 is 1.29 bits per heavy atom. The minimum Gasteiger partial charge on any atom is -0.493 e. The van der Waals surface area contributed by atoms with Crippen LogP contribution in [0.15, 0.2) is 24.3 Å². The highest BCUT2D eigenvalue weighted by Gasteiger charge is 2.13. The highest BCUT2D eigenvalue weighted by atomic mass is 35.5. The van der Waals surface area contributed by atoms with E-state index in [1.807, 2.05) is 24.3 Å². The van der Waals surface area contributed by atoms with E-state index in [4.69, 9.17) is 16.3 Å². The summed E-state index contributed by atoms with van der Waals surface area (Å²) in [5.41, 5.74) is 0. The number of hydrogen-bond donors (Lipinski definition) is 1. The number of hydrogen-bond acceptors (Lipinski definition) is 2. The molecule has 1 aromatic carbocycles. The fraction of sp³-hybridized carbons (Fsp3) is 0.571. The van der Waals surface area contributed by atoms with Crippen molar-refractivity contribution in [2.75, 3.05) is 13.2 Å². The monoisotopic (exact) mass is 253 g/mol. The first kappa shape index (κ1) is 12.7. The third-order valence-electron chi connectivity index (χ3n) is 3.17. The summed E-state index contributed by atoms with van der Waals surface area (Å²) in [7, 11) is 0. The van der Waals surface area contributed by atoms with Crippen LogP contribution in [0.4, 0.5) is 0 Å². The molecule has 1 aliphatic rings. The van der Waals surface area contributed by atoms with Crippen molar-refractivity contribution in [3.63, 3.8) is 0 Å². The van der Waals surface area contributed by atoms with Crippen LogP contribution in [-0.2, 0) is 0 Å². The second-order valence-corrected chi connectivity index (χ2v) is 5.03. The van der Waals surface area contributed by atoms with E-state index < -0.39 is 0 Å². The zero-order chi connectivity index (χ0) is 11.9. The Bertz CT molecular complexity index is 337. The topological polar surface area (TPSA) is 21.3 Å². The minimum atomic E-state index is 0.728. The molecule has 1 aliphatic carbocycles. The summed E-state index contributed by atoms with van der Waals surface area (Å²) in [6.07, 6.45) is 6.50. The standard InChI is InChI=1S/C14H20ClNO/c15-12-5-3-8-14(11-12)17-10-4-9-16-13-6-1-2-7-13/h3,5,8,11,13,16H,1-2,4,6-7,9-10H2. The summed E-state index contributed by atoms with van der Waals surface area (Å²) in [6.45, 7) is 1.80. The smallest absolute Gasteiger partial charge is 0.120 e. The van der Waals surface area contributed by atoms with Gasteiger partial charge in [0.15, 0.2) is 0 Å². The van der Waals surface area contributed by atoms with Crippen molar-refractivity contribution in [1.82, 2.24) is 5.32 Å². The zero-order valence-corrected chi connectivity index (χ0v) is 10.9. The molecule has 1 saturated carbocycles. The van der Waals surface area contributed by atoms with Gasteiger partial charge in [0, 0.05) is 11.1 Å². The van der Waals surface area contributed by atoms with Gasteiger partial charge in [-0.2, -0.15) is 0 Å². The van der Waals surface area contributed by atoms with Gasteiger partial charge in [0.05, 0.1) is 6.61 Å². The van der Waals surface area contributed by atoms with E-state index in [0.717, 1.165) is 36.4 Å². The maximum atomic E-state index is 5.88. The molecule has 17 heavy (non-hydrogen) atoms. The first-order valence-corrected chi connectivity index (χ1v) is 6.84. The van der Waals surface area contributed by atoms with Crippen LogP contribution in [0.5, 0.6) is 5.75 Å². The van der Waals surface area contributed by atoms with Gasteiger partial charge in [-0.15, -0.1) is 0 Å². The zero-order valence-electron chi connectivity index (χ0n) is 10.1.